The Bertz CT molecular complexity index is 921. The highest BCUT2D eigenvalue weighted by Crippen LogP contribution is 2.47. The van der Waals surface area contributed by atoms with Crippen LogP contribution in [0.25, 0.3) is 0 Å². The van der Waals surface area contributed by atoms with Gasteiger partial charge in [-0.15, -0.1) is 0 Å². The number of amides is 2. The molecule has 0 radical (unpaired) electrons. The normalized spacial score (nSPS) is 23.4. The van der Waals surface area contributed by atoms with E-state index in [0.29, 0.717) is 24.3 Å². The molecule has 1 aliphatic heterocycles. The number of hydrogen-bond acceptors (Lipinski definition) is 2. The van der Waals surface area contributed by atoms with E-state index in [0.717, 1.165) is 16.8 Å². The van der Waals surface area contributed by atoms with E-state index in [1.807, 2.05) is 61.6 Å². The van der Waals surface area contributed by atoms with Gasteiger partial charge in [0.05, 0.1) is 5.41 Å². The molecule has 3 aliphatic rings. The minimum Gasteiger partial charge on any atom is -0.353 e. The van der Waals surface area contributed by atoms with Crippen molar-refractivity contribution in [3.63, 3.8) is 0 Å². The maximum absolute atomic E-state index is 13.5. The Morgan fingerprint density at radius 2 is 1.66 bits per heavy atom. The van der Waals surface area contributed by atoms with Crippen molar-refractivity contribution >= 4 is 17.5 Å². The summed E-state index contributed by atoms with van der Waals surface area (Å²) in [5.41, 5.74) is 2.14. The standard InChI is InChI=1S/C25H28N2O2/c1-27-21-10-6-5-9-20(21)25(24(27)29,15-17-7-3-2-4-8-17)16-22(28)26-23(18-11-12-18)19-13-14-19/h2-10,18-19,23H,11-16H2,1H3,(H,26,28)/t25-/m0/s1. The van der Waals surface area contributed by atoms with Crippen LogP contribution >= 0.6 is 0 Å². The summed E-state index contributed by atoms with van der Waals surface area (Å²) in [4.78, 5) is 28.5. The lowest BCUT2D eigenvalue weighted by Crippen LogP contribution is -2.47. The van der Waals surface area contributed by atoms with Crippen LogP contribution in [-0.2, 0) is 21.4 Å². The molecule has 2 amide bonds. The summed E-state index contributed by atoms with van der Waals surface area (Å²) in [7, 11) is 1.82. The molecule has 0 saturated heterocycles. The molecule has 4 nitrogen and oxygen atoms in total. The van der Waals surface area contributed by atoms with Crippen molar-refractivity contribution in [1.82, 2.24) is 5.32 Å². The third-order valence-electron chi connectivity index (χ3n) is 6.89. The molecular formula is C25H28N2O2. The third kappa shape index (κ3) is 3.35. The van der Waals surface area contributed by atoms with Gasteiger partial charge >= 0.3 is 0 Å². The number of benzene rings is 2. The molecule has 2 saturated carbocycles. The van der Waals surface area contributed by atoms with Gasteiger partial charge in [0.2, 0.25) is 11.8 Å². The average Bonchev–Trinajstić information content (AvgIpc) is 3.64. The van der Waals surface area contributed by atoms with E-state index in [1.165, 1.54) is 25.7 Å². The van der Waals surface area contributed by atoms with Crippen LogP contribution in [0.1, 0.15) is 43.2 Å². The van der Waals surface area contributed by atoms with Gasteiger partial charge in [-0.25, -0.2) is 0 Å². The number of carbonyl (C=O) groups is 2. The maximum Gasteiger partial charge on any atom is 0.238 e. The summed E-state index contributed by atoms with van der Waals surface area (Å²) >= 11 is 0. The van der Waals surface area contributed by atoms with Gasteiger partial charge in [0.15, 0.2) is 0 Å². The predicted octanol–water partition coefficient (Wildman–Crippen LogP) is 3.84. The van der Waals surface area contributed by atoms with Crippen LogP contribution < -0.4 is 10.2 Å². The zero-order valence-corrected chi connectivity index (χ0v) is 16.9. The van der Waals surface area contributed by atoms with Crippen LogP contribution in [0.15, 0.2) is 54.6 Å². The maximum atomic E-state index is 13.5. The minimum absolute atomic E-state index is 0.0168. The number of hydrogen-bond donors (Lipinski definition) is 1. The first-order chi connectivity index (χ1) is 14.1. The quantitative estimate of drug-likeness (QED) is 0.783. The van der Waals surface area contributed by atoms with Gasteiger partial charge in [-0.05, 0) is 61.1 Å². The fraction of sp³-hybridized carbons (Fsp3) is 0.440. The third-order valence-corrected chi connectivity index (χ3v) is 6.89. The summed E-state index contributed by atoms with van der Waals surface area (Å²) in [6.07, 6.45) is 5.64. The summed E-state index contributed by atoms with van der Waals surface area (Å²) in [5.74, 6) is 1.33. The second-order valence-corrected chi connectivity index (χ2v) is 9.07. The predicted molar refractivity (Wildman–Crippen MR) is 114 cm³/mol. The van der Waals surface area contributed by atoms with E-state index < -0.39 is 5.41 Å². The van der Waals surface area contributed by atoms with E-state index in [-0.39, 0.29) is 18.2 Å². The highest BCUT2D eigenvalue weighted by molar-refractivity contribution is 6.10. The number of anilines is 1. The summed E-state index contributed by atoms with van der Waals surface area (Å²) in [6.45, 7) is 0. The number of carbonyl (C=O) groups excluding carboxylic acids is 2. The Balaban J connectivity index is 1.47. The van der Waals surface area contributed by atoms with Gasteiger partial charge < -0.3 is 10.2 Å². The van der Waals surface area contributed by atoms with Crippen molar-refractivity contribution in [3.05, 3.63) is 65.7 Å². The molecule has 2 aromatic rings. The average molecular weight is 389 g/mol. The lowest BCUT2D eigenvalue weighted by atomic mass is 9.73. The molecule has 1 N–H and O–H groups in total. The zero-order chi connectivity index (χ0) is 20.0. The lowest BCUT2D eigenvalue weighted by Gasteiger charge is -2.29. The van der Waals surface area contributed by atoms with Crippen LogP contribution in [0.4, 0.5) is 5.69 Å². The first-order valence-electron chi connectivity index (χ1n) is 10.8. The fourth-order valence-electron chi connectivity index (χ4n) is 5.11. The monoisotopic (exact) mass is 388 g/mol. The van der Waals surface area contributed by atoms with Gasteiger partial charge in [-0.3, -0.25) is 9.59 Å². The SMILES string of the molecule is CN1C(=O)[C@](CC(=O)NC(C2CC2)C2CC2)(Cc2ccccc2)c2ccccc21. The molecule has 2 aliphatic carbocycles. The number of nitrogens with zero attached hydrogens (tertiary/aromatic N) is 1. The van der Waals surface area contributed by atoms with Crippen LogP contribution in [-0.4, -0.2) is 24.9 Å². The van der Waals surface area contributed by atoms with Crippen LogP contribution in [0.2, 0.25) is 0 Å². The molecule has 150 valence electrons. The van der Waals surface area contributed by atoms with E-state index >= 15 is 0 Å². The molecule has 5 rings (SSSR count). The van der Waals surface area contributed by atoms with Crippen molar-refractivity contribution in [2.45, 2.75) is 50.0 Å². The molecule has 0 aromatic heterocycles. The summed E-state index contributed by atoms with van der Waals surface area (Å²) < 4.78 is 0. The van der Waals surface area contributed by atoms with Crippen LogP contribution in [0, 0.1) is 11.8 Å². The number of likely N-dealkylation sites (N-methyl/N-ethyl adjacent to an activating group) is 1. The van der Waals surface area contributed by atoms with Gasteiger partial charge in [0, 0.05) is 25.2 Å². The van der Waals surface area contributed by atoms with Crippen molar-refractivity contribution in [3.8, 4) is 0 Å². The van der Waals surface area contributed by atoms with E-state index in [1.54, 1.807) is 4.90 Å². The van der Waals surface area contributed by atoms with Gasteiger partial charge in [0.1, 0.15) is 0 Å². The second kappa shape index (κ2) is 7.01. The Labute approximate surface area is 172 Å². The molecule has 1 heterocycles. The Morgan fingerprint density at radius 3 is 2.31 bits per heavy atom. The van der Waals surface area contributed by atoms with Crippen LogP contribution in [0.3, 0.4) is 0 Å². The largest absolute Gasteiger partial charge is 0.353 e. The molecule has 0 unspecified atom stereocenters. The highest BCUT2D eigenvalue weighted by Gasteiger charge is 2.51. The van der Waals surface area contributed by atoms with Gasteiger partial charge in [-0.2, -0.15) is 0 Å². The Kier molecular flexibility index (Phi) is 4.45. The van der Waals surface area contributed by atoms with Gasteiger partial charge in [-0.1, -0.05) is 48.5 Å². The van der Waals surface area contributed by atoms with Crippen LogP contribution in [0.5, 0.6) is 0 Å². The zero-order valence-electron chi connectivity index (χ0n) is 16.9. The molecule has 4 heteroatoms. The lowest BCUT2D eigenvalue weighted by molar-refractivity contribution is -0.130. The summed E-state index contributed by atoms with van der Waals surface area (Å²) in [5, 5.41) is 3.33. The molecule has 0 bridgehead atoms. The Morgan fingerprint density at radius 1 is 1.03 bits per heavy atom. The number of fused-ring (bicyclic) bond motifs is 1. The van der Waals surface area contributed by atoms with Gasteiger partial charge in [0.25, 0.3) is 0 Å². The number of rotatable bonds is 7. The first kappa shape index (κ1) is 18.4. The van der Waals surface area contributed by atoms with E-state index in [2.05, 4.69) is 5.32 Å². The fourth-order valence-corrected chi connectivity index (χ4v) is 5.11. The van der Waals surface area contributed by atoms with Crippen molar-refractivity contribution in [1.29, 1.82) is 0 Å². The first-order valence-corrected chi connectivity index (χ1v) is 10.8. The smallest absolute Gasteiger partial charge is 0.238 e. The van der Waals surface area contributed by atoms with Crippen molar-refractivity contribution in [2.24, 2.45) is 11.8 Å². The van der Waals surface area contributed by atoms with Crippen molar-refractivity contribution in [2.75, 3.05) is 11.9 Å². The number of para-hydroxylation sites is 1. The second-order valence-electron chi connectivity index (χ2n) is 9.07. The highest BCUT2D eigenvalue weighted by atomic mass is 16.2. The molecule has 29 heavy (non-hydrogen) atoms. The topological polar surface area (TPSA) is 49.4 Å². The molecule has 2 fully saturated rings. The summed E-state index contributed by atoms with van der Waals surface area (Å²) in [6, 6.07) is 18.3. The molecule has 2 aromatic carbocycles. The van der Waals surface area contributed by atoms with E-state index in [4.69, 9.17) is 0 Å². The number of nitrogens with one attached hydrogen (secondary N) is 1. The molecular weight excluding hydrogens is 360 g/mol. The minimum atomic E-state index is -0.839. The van der Waals surface area contributed by atoms with Crippen molar-refractivity contribution < 1.29 is 9.59 Å². The molecule has 0 spiro atoms. The Hall–Kier alpha value is -2.62. The van der Waals surface area contributed by atoms with E-state index in [9.17, 15) is 9.59 Å². The molecule has 1 atom stereocenters.